The summed E-state index contributed by atoms with van der Waals surface area (Å²) in [7, 11) is 1.24. The number of ether oxygens (including phenoxy) is 1. The third kappa shape index (κ3) is 3.75. The van der Waals surface area contributed by atoms with Crippen molar-refractivity contribution in [3.05, 3.63) is 172 Å². The second kappa shape index (κ2) is 11.0. The maximum absolute atomic E-state index is 15.9. The molecular weight excluding hydrogens is 622 g/mol. The molecule has 2 bridgehead atoms. The molecule has 0 N–H and O–H groups in total. The van der Waals surface area contributed by atoms with E-state index >= 15 is 14.4 Å². The summed E-state index contributed by atoms with van der Waals surface area (Å²) in [5.41, 5.74) is 1.47. The van der Waals surface area contributed by atoms with Gasteiger partial charge in [0, 0.05) is 0 Å². The number of allylic oxidation sites excluding steroid dienone is 2. The van der Waals surface area contributed by atoms with Gasteiger partial charge in [0.25, 0.3) is 0 Å². The normalized spacial score (nSPS) is 24.3. The predicted octanol–water partition coefficient (Wildman–Crippen LogP) is 7.32. The number of ketones is 1. The molecule has 5 aromatic rings. The molecule has 7 heteroatoms. The van der Waals surface area contributed by atoms with Crippen LogP contribution in [0.2, 0.25) is 5.02 Å². The van der Waals surface area contributed by atoms with Crippen molar-refractivity contribution in [1.29, 1.82) is 0 Å². The van der Waals surface area contributed by atoms with Gasteiger partial charge in [-0.2, -0.15) is 0 Å². The van der Waals surface area contributed by atoms with Crippen LogP contribution in [0.3, 0.4) is 0 Å². The van der Waals surface area contributed by atoms with Gasteiger partial charge in [0.05, 0.1) is 46.0 Å². The van der Waals surface area contributed by atoms with Gasteiger partial charge in [-0.05, 0) is 51.6 Å². The van der Waals surface area contributed by atoms with Crippen LogP contribution in [0.4, 0.5) is 5.69 Å². The van der Waals surface area contributed by atoms with Crippen LogP contribution in [0.15, 0.2) is 140 Å². The van der Waals surface area contributed by atoms with Crippen molar-refractivity contribution < 1.29 is 23.9 Å². The van der Waals surface area contributed by atoms with Crippen LogP contribution in [0.5, 0.6) is 0 Å². The molecule has 2 aliphatic carbocycles. The molecule has 6 nitrogen and oxygen atoms in total. The molecule has 1 saturated heterocycles. The van der Waals surface area contributed by atoms with Gasteiger partial charge in [-0.25, -0.2) is 9.69 Å². The summed E-state index contributed by atoms with van der Waals surface area (Å²) in [5.74, 6) is -4.09. The van der Waals surface area contributed by atoms with Crippen molar-refractivity contribution in [2.75, 3.05) is 12.0 Å². The van der Waals surface area contributed by atoms with Gasteiger partial charge in [-0.3, -0.25) is 14.4 Å². The van der Waals surface area contributed by atoms with E-state index < -0.39 is 40.4 Å². The molecule has 48 heavy (non-hydrogen) atoms. The Morgan fingerprint density at radius 1 is 0.625 bits per heavy atom. The van der Waals surface area contributed by atoms with E-state index in [1.54, 1.807) is 6.07 Å². The van der Waals surface area contributed by atoms with E-state index in [1.807, 2.05) is 121 Å². The molecule has 0 unspecified atom stereocenters. The van der Waals surface area contributed by atoms with Crippen LogP contribution < -0.4 is 4.90 Å². The number of fused-ring (bicyclic) bond motifs is 5. The molecular formula is C41H28ClNO5. The number of methoxy groups -OCH3 is 1. The number of imide groups is 1. The third-order valence-corrected chi connectivity index (χ3v) is 10.5. The lowest BCUT2D eigenvalue weighted by molar-refractivity contribution is -0.130. The Kier molecular flexibility index (Phi) is 6.83. The van der Waals surface area contributed by atoms with E-state index in [4.69, 9.17) is 16.3 Å². The Bertz CT molecular complexity index is 2050. The van der Waals surface area contributed by atoms with Crippen LogP contribution in [0.25, 0.3) is 11.1 Å². The minimum absolute atomic E-state index is 0.0250. The van der Waals surface area contributed by atoms with Crippen LogP contribution in [-0.2, 0) is 30.0 Å². The number of nitrogens with zero attached hydrogens (tertiary/aromatic N) is 1. The number of rotatable bonds is 6. The lowest BCUT2D eigenvalue weighted by Crippen LogP contribution is -2.45. The van der Waals surface area contributed by atoms with E-state index in [9.17, 15) is 4.79 Å². The number of carbonyl (C=O) groups excluding carboxylic acids is 4. The zero-order valence-corrected chi connectivity index (χ0v) is 26.6. The summed E-state index contributed by atoms with van der Waals surface area (Å²) in [4.78, 5) is 59.9. The molecule has 1 heterocycles. The highest BCUT2D eigenvalue weighted by molar-refractivity contribution is 6.39. The van der Waals surface area contributed by atoms with Gasteiger partial charge in [-0.15, -0.1) is 0 Å². The predicted molar refractivity (Wildman–Crippen MR) is 183 cm³/mol. The Morgan fingerprint density at radius 2 is 1.04 bits per heavy atom. The highest BCUT2D eigenvalue weighted by Gasteiger charge is 2.82. The van der Waals surface area contributed by atoms with Crippen LogP contribution in [0, 0.1) is 11.8 Å². The van der Waals surface area contributed by atoms with Crippen molar-refractivity contribution in [1.82, 2.24) is 0 Å². The fourth-order valence-electron chi connectivity index (χ4n) is 8.51. The molecule has 5 aromatic carbocycles. The Hall–Kier alpha value is -5.59. The fourth-order valence-corrected chi connectivity index (χ4v) is 8.70. The number of anilines is 1. The highest BCUT2D eigenvalue weighted by Crippen LogP contribution is 2.74. The molecule has 8 rings (SSSR count). The summed E-state index contributed by atoms with van der Waals surface area (Å²) < 4.78 is 4.93. The second-order valence-electron chi connectivity index (χ2n) is 12.3. The number of benzene rings is 5. The molecule has 1 aliphatic heterocycles. The zero-order chi connectivity index (χ0) is 33.2. The number of amides is 2. The summed E-state index contributed by atoms with van der Waals surface area (Å²) in [6, 6.07) is 42.5. The van der Waals surface area contributed by atoms with Crippen molar-refractivity contribution in [2.24, 2.45) is 11.8 Å². The van der Waals surface area contributed by atoms with E-state index in [0.29, 0.717) is 22.3 Å². The number of hydrogen-bond donors (Lipinski definition) is 0. The molecule has 2 fully saturated rings. The molecule has 1 saturated carbocycles. The van der Waals surface area contributed by atoms with Gasteiger partial charge >= 0.3 is 5.97 Å². The average Bonchev–Trinajstić information content (AvgIpc) is 3.65. The van der Waals surface area contributed by atoms with Crippen LogP contribution in [0.1, 0.15) is 32.6 Å². The number of esters is 1. The Balaban J connectivity index is 1.51. The van der Waals surface area contributed by atoms with Crippen molar-refractivity contribution in [3.8, 4) is 0 Å². The SMILES string of the molecule is COC(=O)c1cc(N2C(=O)[C@@H]3[C@@H](C2=O)[C@@]2(c4ccccc4)C(=O)[C@@]3(c3ccccc3)C(c3ccccc3)=C2c2ccccc2)ccc1Cl. The van der Waals surface area contributed by atoms with Gasteiger partial charge in [0.15, 0.2) is 5.78 Å². The fraction of sp³-hybridized carbons (Fsp3) is 0.122. The van der Waals surface area contributed by atoms with Crippen molar-refractivity contribution >= 4 is 52.0 Å². The minimum Gasteiger partial charge on any atom is -0.465 e. The maximum atomic E-state index is 15.9. The smallest absolute Gasteiger partial charge is 0.339 e. The van der Waals surface area contributed by atoms with E-state index in [-0.39, 0.29) is 22.1 Å². The summed E-state index contributed by atoms with van der Waals surface area (Å²) in [6.07, 6.45) is 0. The summed E-state index contributed by atoms with van der Waals surface area (Å²) in [5, 5.41) is 0.126. The minimum atomic E-state index is -1.52. The van der Waals surface area contributed by atoms with Gasteiger partial charge < -0.3 is 4.74 Å². The first-order chi connectivity index (χ1) is 23.4. The van der Waals surface area contributed by atoms with E-state index in [0.717, 1.165) is 16.0 Å². The number of Topliss-reactive ketones (excluding diaryl/α,β-unsaturated/α-hetero) is 1. The Morgan fingerprint density at radius 3 is 1.46 bits per heavy atom. The topological polar surface area (TPSA) is 80.8 Å². The molecule has 4 atom stereocenters. The zero-order valence-electron chi connectivity index (χ0n) is 25.8. The standard InChI is InChI=1S/C41H28ClNO5/c1-48-38(46)30-24-29(22-23-31(30)42)43-36(44)34-35(37(43)45)41(28-20-12-5-13-21-28)33(26-16-8-3-9-17-26)32(25-14-6-2-7-15-25)40(34,39(41)47)27-18-10-4-11-19-27/h2-24,34-35H,1H3/t34-,35-,40-,41-/m0/s1. The van der Waals surface area contributed by atoms with Crippen LogP contribution >= 0.6 is 11.6 Å². The molecule has 0 spiro atoms. The van der Waals surface area contributed by atoms with Crippen molar-refractivity contribution in [2.45, 2.75) is 10.8 Å². The summed E-state index contributed by atoms with van der Waals surface area (Å²) >= 11 is 6.36. The molecule has 234 valence electrons. The largest absolute Gasteiger partial charge is 0.465 e. The number of carbonyl (C=O) groups is 4. The number of hydrogen-bond acceptors (Lipinski definition) is 5. The maximum Gasteiger partial charge on any atom is 0.339 e. The monoisotopic (exact) mass is 649 g/mol. The first kappa shape index (κ1) is 29.8. The van der Waals surface area contributed by atoms with Crippen LogP contribution in [-0.4, -0.2) is 30.7 Å². The molecule has 0 aromatic heterocycles. The van der Waals surface area contributed by atoms with Gasteiger partial charge in [-0.1, -0.05) is 133 Å². The van der Waals surface area contributed by atoms with Gasteiger partial charge in [0.1, 0.15) is 0 Å². The van der Waals surface area contributed by atoms with Crippen molar-refractivity contribution in [3.63, 3.8) is 0 Å². The van der Waals surface area contributed by atoms with E-state index in [1.165, 1.54) is 19.2 Å². The number of halogens is 1. The first-order valence-electron chi connectivity index (χ1n) is 15.7. The highest BCUT2D eigenvalue weighted by atomic mass is 35.5. The van der Waals surface area contributed by atoms with E-state index in [2.05, 4.69) is 0 Å². The second-order valence-corrected chi connectivity index (χ2v) is 12.7. The average molecular weight is 650 g/mol. The first-order valence-corrected chi connectivity index (χ1v) is 16.0. The molecule has 3 aliphatic rings. The lowest BCUT2D eigenvalue weighted by atomic mass is 9.59. The lowest BCUT2D eigenvalue weighted by Gasteiger charge is -2.39. The Labute approximate surface area is 282 Å². The molecule has 2 amide bonds. The van der Waals surface area contributed by atoms with Gasteiger partial charge in [0.2, 0.25) is 11.8 Å². The quantitative estimate of drug-likeness (QED) is 0.142. The molecule has 0 radical (unpaired) electrons. The summed E-state index contributed by atoms with van der Waals surface area (Å²) in [6.45, 7) is 0. The third-order valence-electron chi connectivity index (χ3n) is 10.2.